The number of nitrogens with zero attached hydrogens (tertiary/aromatic N) is 15. The number of hydrogen-bond acceptors (Lipinski definition) is 30. The van der Waals surface area contributed by atoms with Crippen molar-refractivity contribution in [3.8, 4) is 0 Å². The monoisotopic (exact) mass is 2130 g/mol. The van der Waals surface area contributed by atoms with Gasteiger partial charge in [0, 0.05) is 152 Å². The number of aromatic carboxylic acids is 1. The average Bonchev–Trinajstić information content (AvgIpc) is 0.684. The van der Waals surface area contributed by atoms with Gasteiger partial charge in [0.25, 0.3) is 17.7 Å². The highest BCUT2D eigenvalue weighted by molar-refractivity contribution is 9.11. The molecule has 5 saturated heterocycles. The minimum absolute atomic E-state index is 0.00500. The van der Waals surface area contributed by atoms with Crippen molar-refractivity contribution in [1.82, 2.24) is 75.7 Å². The first-order valence-electron chi connectivity index (χ1n) is 42.4. The third kappa shape index (κ3) is 37.7. The van der Waals surface area contributed by atoms with Gasteiger partial charge in [0.15, 0.2) is 17.9 Å². The van der Waals surface area contributed by atoms with Crippen LogP contribution in [0.2, 0.25) is 0 Å². The zero-order valence-electron chi connectivity index (χ0n) is 79.1. The number of carbonyl (C=O) groups is 12. The van der Waals surface area contributed by atoms with E-state index < -0.39 is 51.9 Å². The molecule has 0 saturated carbocycles. The van der Waals surface area contributed by atoms with Crippen molar-refractivity contribution in [2.45, 2.75) is 132 Å². The van der Waals surface area contributed by atoms with Crippen LogP contribution >= 0.6 is 63.7 Å². The number of methoxy groups -OCH3 is 2. The first-order chi connectivity index (χ1) is 62.7. The molecular formula is C89H121Br4F2N19O20. The van der Waals surface area contributed by atoms with Gasteiger partial charge >= 0.3 is 48.4 Å². The maximum absolute atomic E-state index is 12.6. The molecule has 0 radical (unpaired) electrons. The summed E-state index contributed by atoms with van der Waals surface area (Å²) >= 11 is 12.4. The van der Waals surface area contributed by atoms with Crippen LogP contribution in [0.3, 0.4) is 0 Å². The topological polar surface area (TPSA) is 444 Å². The summed E-state index contributed by atoms with van der Waals surface area (Å²) in [7, 11) is 7.21. The molecule has 0 unspecified atom stereocenters. The van der Waals surface area contributed by atoms with E-state index in [2.05, 4.69) is 146 Å². The molecule has 11 heterocycles. The Bertz CT molecular complexity index is 4830. The smallest absolute Gasteiger partial charge is 0.410 e. The third-order valence-corrected chi connectivity index (χ3v) is 20.9. The molecule has 11 rings (SSSR count). The van der Waals surface area contributed by atoms with Crippen LogP contribution in [0.5, 0.6) is 0 Å². The number of ether oxygens (including phenoxy) is 7. The summed E-state index contributed by atoms with van der Waals surface area (Å²) in [5, 5.41) is 19.2. The predicted molar refractivity (Wildman–Crippen MR) is 512 cm³/mol. The Kier molecular flexibility index (Phi) is 44.1. The van der Waals surface area contributed by atoms with Crippen LogP contribution in [-0.4, -0.2) is 326 Å². The summed E-state index contributed by atoms with van der Waals surface area (Å²) < 4.78 is 62.0. The van der Waals surface area contributed by atoms with E-state index in [9.17, 15) is 66.3 Å². The summed E-state index contributed by atoms with van der Waals surface area (Å²) in [5.41, 5.74) is 2.89. The highest BCUT2D eigenvalue weighted by atomic mass is 79.9. The lowest BCUT2D eigenvalue weighted by molar-refractivity contribution is 0.0220. The Morgan fingerprint density at radius 3 is 0.866 bits per heavy atom. The van der Waals surface area contributed by atoms with Gasteiger partial charge in [-0.25, -0.2) is 77.0 Å². The van der Waals surface area contributed by atoms with Gasteiger partial charge in [-0.05, 0) is 246 Å². The van der Waals surface area contributed by atoms with E-state index in [1.807, 2.05) is 127 Å². The first kappa shape index (κ1) is 113. The van der Waals surface area contributed by atoms with Crippen molar-refractivity contribution in [2.75, 3.05) is 186 Å². The van der Waals surface area contributed by atoms with Crippen molar-refractivity contribution < 1.29 is 105 Å². The number of aromatic nitrogens is 6. The highest BCUT2D eigenvalue weighted by Gasteiger charge is 2.34. The summed E-state index contributed by atoms with van der Waals surface area (Å²) in [4.78, 5) is 180. The van der Waals surface area contributed by atoms with Crippen LogP contribution in [0.4, 0.5) is 55.5 Å². The lowest BCUT2D eigenvalue weighted by Crippen LogP contribution is -2.50. The minimum atomic E-state index is -1.18. The lowest BCUT2D eigenvalue weighted by Gasteiger charge is -2.37. The summed E-state index contributed by atoms with van der Waals surface area (Å²) in [6, 6.07) is 18.4. The van der Waals surface area contributed by atoms with Crippen molar-refractivity contribution >= 4 is 165 Å². The maximum Gasteiger partial charge on any atom is 0.410 e. The average molecular weight is 2130 g/mol. The number of piperazine rings is 5. The van der Waals surface area contributed by atoms with Gasteiger partial charge in [0.2, 0.25) is 0 Å². The number of anilines is 4. The number of halogens is 6. The van der Waals surface area contributed by atoms with Crippen molar-refractivity contribution in [3.63, 3.8) is 0 Å². The molecule has 6 aromatic rings. The van der Waals surface area contributed by atoms with E-state index in [0.29, 0.717) is 143 Å². The van der Waals surface area contributed by atoms with Crippen molar-refractivity contribution in [1.29, 1.82) is 0 Å². The third-order valence-electron chi connectivity index (χ3n) is 18.6. The molecule has 5 aliphatic heterocycles. The zero-order chi connectivity index (χ0) is 101. The Labute approximate surface area is 812 Å². The molecule has 5 aliphatic rings. The van der Waals surface area contributed by atoms with Crippen molar-refractivity contribution in [2.24, 2.45) is 0 Å². The number of pyridine rings is 6. The minimum Gasteiger partial charge on any atom is -0.477 e. The molecular weight excluding hydrogens is 2010 g/mol. The standard InChI is InChI=1S/C18H26N4O3.C17H24N4O4.C16H23BrN4O3.C16H22BrN3O4.C9H18N2O2.C7H5BrFNO2.C6H3BrFNO2/c1-6-13-15(8-7-14(20-13)16(23)19-5)21-9-11-22(12-10-21)17(24)25-18(2,3)4;1-17(2,3)25-16(24)21-9-7-20(8-10-21)14-6-5-12(15(23)18-4)19-13(14)11-22;1-16(2,3)24-15(23)21-9-7-20(8-10-21)12-6-5-11(14(22)18-4)19-13(12)17;1-16(2,3)24-15(22)20-9-7-19(8-10-20)12-6-5-11(14(21)23-4)18-13(12)17;1-9(2,3)13-8(12)11-6-4-10-5-7-11;1-12-7(11)5-3-2-4(9)6(8)10-5;7-5-3(8)1-2-4(9-5)6(10)11/h6-8H,1,9-12H2,2-5H3,(H,19,23);5-6,11H,7-10H2,1-4H3,(H,18,23);5-6H,7-10H2,1-4H3,(H,18,22);5-6H,7-10H2,1-4H3;10H,4-7H2,1-3H3;2-3H,1H3;1-2H,(H,10,11). The normalized spacial score (nSPS) is 14.4. The number of amides is 8. The van der Waals surface area contributed by atoms with E-state index in [-0.39, 0.29) is 91.5 Å². The molecule has 39 nitrogen and oxygen atoms in total. The Balaban J connectivity index is 0.000000282. The number of esters is 2. The fraction of sp³-hybridized carbons (Fsp3) is 0.506. The molecule has 5 N–H and O–H groups in total. The molecule has 45 heteroatoms. The SMILES string of the molecule is C=Cc1nc(C(=O)NC)ccc1N1CCN(C(=O)OC(C)(C)C)CC1.CC(C)(C)OC(=O)N1CCNCC1.CNC(=O)c1ccc(N2CCN(C(=O)OC(C)(C)C)CC2)c(Br)n1.CNC(=O)c1ccc(N2CCN(C(=O)OC(C)(C)C)CC2)c(C=O)n1.COC(=O)c1ccc(F)c(Br)n1.COC(=O)c1ccc(N2CCN(C(=O)OC(C)(C)C)CC2)c(Br)n1.O=C(O)c1ccc(F)c(Br)n1. The molecule has 734 valence electrons. The molecule has 8 amide bonds. The van der Waals surface area contributed by atoms with Gasteiger partial charge in [0.05, 0.1) is 42.7 Å². The van der Waals surface area contributed by atoms with Crippen LogP contribution in [0.1, 0.15) is 183 Å². The van der Waals surface area contributed by atoms with Gasteiger partial charge in [-0.15, -0.1) is 0 Å². The summed E-state index contributed by atoms with van der Waals surface area (Å²) in [6.45, 7) is 44.4. The summed E-state index contributed by atoms with van der Waals surface area (Å²) in [5.74, 6) is -4.12. The second-order valence-electron chi connectivity index (χ2n) is 34.5. The highest BCUT2D eigenvalue weighted by Crippen LogP contribution is 2.31. The fourth-order valence-corrected chi connectivity index (χ4v) is 14.0. The molecule has 5 fully saturated rings. The number of carboxylic acid groups (broad SMARTS) is 1. The van der Waals surface area contributed by atoms with Gasteiger partial charge in [-0.3, -0.25) is 19.2 Å². The number of rotatable bonds is 12. The molecule has 0 aliphatic carbocycles. The van der Waals surface area contributed by atoms with Gasteiger partial charge < -0.3 is 104 Å². The quantitative estimate of drug-likeness (QED) is 0.0329. The molecule has 0 spiro atoms. The molecule has 0 aromatic carbocycles. The number of hydrogen-bond donors (Lipinski definition) is 5. The molecule has 6 aromatic heterocycles. The Hall–Kier alpha value is -11.6. The van der Waals surface area contributed by atoms with Crippen LogP contribution in [-0.2, 0) is 33.2 Å². The number of carboxylic acids is 1. The molecule has 134 heavy (non-hydrogen) atoms. The van der Waals surface area contributed by atoms with E-state index in [1.165, 1.54) is 27.3 Å². The van der Waals surface area contributed by atoms with Gasteiger partial charge in [0.1, 0.15) is 86.3 Å². The van der Waals surface area contributed by atoms with E-state index in [4.69, 9.17) is 28.8 Å². The van der Waals surface area contributed by atoms with E-state index >= 15 is 0 Å². The number of nitrogens with one attached hydrogen (secondary N) is 4. The first-order valence-corrected chi connectivity index (χ1v) is 45.6. The second-order valence-corrected chi connectivity index (χ2v) is 37.5. The van der Waals surface area contributed by atoms with E-state index in [1.54, 1.807) is 75.0 Å². The van der Waals surface area contributed by atoms with Crippen LogP contribution in [0.25, 0.3) is 6.08 Å². The number of carbonyl (C=O) groups excluding carboxylic acids is 11. The summed E-state index contributed by atoms with van der Waals surface area (Å²) in [6.07, 6.45) is 0.882. The van der Waals surface area contributed by atoms with Gasteiger partial charge in [-0.2, -0.15) is 0 Å². The second kappa shape index (κ2) is 52.3. The van der Waals surface area contributed by atoms with Crippen LogP contribution in [0.15, 0.2) is 97.8 Å². The van der Waals surface area contributed by atoms with Crippen molar-refractivity contribution in [3.05, 3.63) is 155 Å². The molecule has 0 atom stereocenters. The van der Waals surface area contributed by atoms with Crippen LogP contribution < -0.4 is 40.9 Å². The predicted octanol–water partition coefficient (Wildman–Crippen LogP) is 12.7. The Morgan fingerprint density at radius 2 is 0.597 bits per heavy atom. The largest absolute Gasteiger partial charge is 0.477 e. The lowest BCUT2D eigenvalue weighted by atomic mass is 10.2. The van der Waals surface area contributed by atoms with Crippen LogP contribution in [0, 0.1) is 11.6 Å². The van der Waals surface area contributed by atoms with E-state index in [0.717, 1.165) is 61.4 Å². The van der Waals surface area contributed by atoms with Gasteiger partial charge in [-0.1, -0.05) is 6.58 Å². The Morgan fingerprint density at radius 1 is 0.358 bits per heavy atom. The zero-order valence-corrected chi connectivity index (χ0v) is 85.5. The maximum atomic E-state index is 12.6. The number of aldehydes is 1. The fourth-order valence-electron chi connectivity index (χ4n) is 12.2. The molecule has 0 bridgehead atoms.